The molecule has 11 heteroatoms. The fourth-order valence-electron chi connectivity index (χ4n) is 4.51. The van der Waals surface area contributed by atoms with Crippen LogP contribution in [0.25, 0.3) is 11.1 Å². The molecule has 1 aromatic heterocycles. The first kappa shape index (κ1) is 28.3. The maximum absolute atomic E-state index is 14.1. The van der Waals surface area contributed by atoms with Crippen LogP contribution in [0.15, 0.2) is 46.7 Å². The van der Waals surface area contributed by atoms with Crippen LogP contribution in [0.4, 0.5) is 19.6 Å². The number of nitrogens with zero attached hydrogens (tertiary/aromatic N) is 3. The van der Waals surface area contributed by atoms with Crippen molar-refractivity contribution in [1.29, 1.82) is 0 Å². The Morgan fingerprint density at radius 1 is 1.14 bits per heavy atom. The summed E-state index contributed by atoms with van der Waals surface area (Å²) in [6, 6.07) is 10.9. The summed E-state index contributed by atoms with van der Waals surface area (Å²) in [6.07, 6.45) is 0.802. The van der Waals surface area contributed by atoms with E-state index in [-0.39, 0.29) is 22.4 Å². The molecule has 2 saturated heterocycles. The van der Waals surface area contributed by atoms with Crippen LogP contribution in [0.2, 0.25) is 0 Å². The molecule has 0 aliphatic carbocycles. The van der Waals surface area contributed by atoms with Crippen molar-refractivity contribution in [2.45, 2.75) is 43.9 Å². The summed E-state index contributed by atoms with van der Waals surface area (Å²) in [7, 11) is 2.11. The number of nitrogens with one attached hydrogen (secondary N) is 1. The van der Waals surface area contributed by atoms with Crippen LogP contribution in [0.3, 0.4) is 0 Å². The number of benzene rings is 2. The molecule has 1 N–H and O–H groups in total. The Morgan fingerprint density at radius 2 is 1.81 bits per heavy atom. The molecule has 0 saturated carbocycles. The quantitative estimate of drug-likeness (QED) is 0.199. The largest absolute Gasteiger partial charge is 0.369 e. The lowest BCUT2D eigenvalue weighted by atomic mass is 9.78. The number of carbonyl (C=O) groups excluding carboxylic acids is 1. The van der Waals surface area contributed by atoms with E-state index >= 15 is 0 Å². The SMILES string of the molecule is Cc1nc(N2CCC3(CN(c4ccc(-c5cc(F)ccc5F)cc4)C3)C2=O)sc1SNC(C)(C)C.PS. The van der Waals surface area contributed by atoms with Gasteiger partial charge in [-0.2, -0.15) is 12.2 Å². The molecule has 1 spiro atoms. The number of hydrogen-bond donors (Lipinski definition) is 2. The second-order valence-corrected chi connectivity index (χ2v) is 12.4. The standard InChI is InChI=1S/C26H28F2N4OS2.H3PS/c1-16-22(35-30-25(2,3)4)34-24(29-16)32-12-11-26(23(32)33)14-31(15-26)19-8-5-17(6-9-19)20-13-18(27)7-10-21(20)28;1-2/h5-10,13,30H,11-12,14-15H2,1-4H3;2H,1H2. The van der Waals surface area contributed by atoms with Crippen molar-refractivity contribution in [3.63, 3.8) is 0 Å². The summed E-state index contributed by atoms with van der Waals surface area (Å²) in [5.41, 5.74) is 2.37. The Hall–Kier alpha value is -1.71. The fraction of sp³-hybridized carbons (Fsp3) is 0.385. The minimum Gasteiger partial charge on any atom is -0.369 e. The van der Waals surface area contributed by atoms with Gasteiger partial charge in [0.25, 0.3) is 0 Å². The van der Waals surface area contributed by atoms with Crippen molar-refractivity contribution in [2.75, 3.05) is 29.4 Å². The first-order valence-corrected chi connectivity index (χ1v) is 15.5. The third-order valence-corrected chi connectivity index (χ3v) is 9.07. The number of halogens is 2. The molecular formula is C26H31F2N4OPS3. The average Bonchev–Trinajstić information content (AvgIpc) is 3.38. The lowest BCUT2D eigenvalue weighted by molar-refractivity contribution is -0.126. The lowest BCUT2D eigenvalue weighted by Gasteiger charge is -2.47. The molecule has 3 aromatic rings. The molecule has 5 nitrogen and oxygen atoms in total. The van der Waals surface area contributed by atoms with Gasteiger partial charge in [-0.15, -0.1) is 0 Å². The average molecular weight is 581 g/mol. The summed E-state index contributed by atoms with van der Waals surface area (Å²) >= 11 is 6.57. The predicted molar refractivity (Wildman–Crippen MR) is 158 cm³/mol. The van der Waals surface area contributed by atoms with Crippen LogP contribution in [0.5, 0.6) is 0 Å². The first-order valence-electron chi connectivity index (χ1n) is 11.8. The summed E-state index contributed by atoms with van der Waals surface area (Å²) < 4.78 is 32.2. The van der Waals surface area contributed by atoms with Gasteiger partial charge in [0.05, 0.1) is 11.1 Å². The van der Waals surface area contributed by atoms with E-state index in [1.807, 2.05) is 24.0 Å². The molecule has 3 heterocycles. The molecule has 37 heavy (non-hydrogen) atoms. The number of carbonyl (C=O) groups is 1. The van der Waals surface area contributed by atoms with Crippen LogP contribution in [-0.4, -0.2) is 36.1 Å². The molecule has 1 amide bonds. The Morgan fingerprint density at radius 3 is 2.46 bits per heavy atom. The van der Waals surface area contributed by atoms with E-state index in [2.05, 4.69) is 56.1 Å². The highest BCUT2D eigenvalue weighted by atomic mass is 32.7. The topological polar surface area (TPSA) is 48.5 Å². The highest BCUT2D eigenvalue weighted by molar-refractivity contribution is 8.31. The maximum atomic E-state index is 14.1. The third-order valence-electron chi connectivity index (χ3n) is 6.40. The third kappa shape index (κ3) is 5.98. The normalized spacial score (nSPS) is 16.6. The number of anilines is 2. The zero-order valence-corrected chi connectivity index (χ0v) is 24.9. The van der Waals surface area contributed by atoms with Crippen LogP contribution in [0, 0.1) is 24.0 Å². The van der Waals surface area contributed by atoms with E-state index in [9.17, 15) is 13.6 Å². The van der Waals surface area contributed by atoms with E-state index in [0.29, 0.717) is 25.2 Å². The summed E-state index contributed by atoms with van der Waals surface area (Å²) in [5, 5.41) is 0.766. The predicted octanol–water partition coefficient (Wildman–Crippen LogP) is 6.74. The van der Waals surface area contributed by atoms with E-state index in [1.165, 1.54) is 6.07 Å². The molecule has 0 bridgehead atoms. The Bertz CT molecular complexity index is 1270. The summed E-state index contributed by atoms with van der Waals surface area (Å²) in [6.45, 7) is 10.3. The lowest BCUT2D eigenvalue weighted by Crippen LogP contribution is -2.60. The zero-order chi connectivity index (χ0) is 27.0. The Labute approximate surface area is 232 Å². The highest BCUT2D eigenvalue weighted by Gasteiger charge is 2.55. The molecule has 2 aromatic carbocycles. The van der Waals surface area contributed by atoms with E-state index < -0.39 is 11.6 Å². The molecule has 2 aliphatic heterocycles. The van der Waals surface area contributed by atoms with Gasteiger partial charge in [-0.25, -0.2) is 13.8 Å². The van der Waals surface area contributed by atoms with Gasteiger partial charge in [0.15, 0.2) is 5.13 Å². The van der Waals surface area contributed by atoms with Gasteiger partial charge in [-0.1, -0.05) is 31.9 Å². The maximum Gasteiger partial charge on any atom is 0.238 e. The minimum absolute atomic E-state index is 0.0200. The second kappa shape index (κ2) is 11.2. The molecular weight excluding hydrogens is 549 g/mol. The van der Waals surface area contributed by atoms with Crippen LogP contribution in [-0.2, 0) is 4.79 Å². The van der Waals surface area contributed by atoms with Gasteiger partial charge in [-0.3, -0.25) is 14.4 Å². The monoisotopic (exact) mass is 580 g/mol. The van der Waals surface area contributed by atoms with Gasteiger partial charge in [0.2, 0.25) is 5.91 Å². The van der Waals surface area contributed by atoms with Crippen molar-refractivity contribution in [3.8, 4) is 11.1 Å². The van der Waals surface area contributed by atoms with Crippen molar-refractivity contribution >= 4 is 60.7 Å². The molecule has 1 atom stereocenters. The van der Waals surface area contributed by atoms with Crippen LogP contribution in [0.1, 0.15) is 32.9 Å². The number of hydrogen-bond acceptors (Lipinski definition) is 7. The molecule has 1 unspecified atom stereocenters. The molecule has 198 valence electrons. The molecule has 2 aliphatic rings. The molecule has 5 rings (SSSR count). The second-order valence-electron chi connectivity index (χ2n) is 10.3. The van der Waals surface area contributed by atoms with Crippen molar-refractivity contribution in [2.24, 2.45) is 5.41 Å². The van der Waals surface area contributed by atoms with Gasteiger partial charge in [0, 0.05) is 36.4 Å². The number of amides is 1. The van der Waals surface area contributed by atoms with E-state index in [4.69, 9.17) is 0 Å². The first-order chi connectivity index (χ1) is 17.5. The molecule has 0 radical (unpaired) electrons. The summed E-state index contributed by atoms with van der Waals surface area (Å²) in [5.74, 6) is -0.779. The van der Waals surface area contributed by atoms with Crippen molar-refractivity contribution in [1.82, 2.24) is 9.71 Å². The highest BCUT2D eigenvalue weighted by Crippen LogP contribution is 2.46. The molecule has 2 fully saturated rings. The van der Waals surface area contributed by atoms with Gasteiger partial charge in [0.1, 0.15) is 15.8 Å². The minimum atomic E-state index is -0.467. The van der Waals surface area contributed by atoms with Gasteiger partial charge < -0.3 is 4.90 Å². The van der Waals surface area contributed by atoms with Crippen LogP contribution < -0.4 is 14.5 Å². The van der Waals surface area contributed by atoms with E-state index in [1.54, 1.807) is 35.4 Å². The van der Waals surface area contributed by atoms with Gasteiger partial charge >= 0.3 is 0 Å². The number of aromatic nitrogens is 1. The van der Waals surface area contributed by atoms with Gasteiger partial charge in [-0.05, 0) is 82.0 Å². The smallest absolute Gasteiger partial charge is 0.238 e. The number of aryl methyl sites for hydroxylation is 1. The number of thiazole rings is 1. The van der Waals surface area contributed by atoms with E-state index in [0.717, 1.165) is 39.3 Å². The zero-order valence-electron chi connectivity index (χ0n) is 21.2. The number of thiol groups is 1. The van der Waals surface area contributed by atoms with Crippen molar-refractivity contribution < 1.29 is 13.6 Å². The Kier molecular flexibility index (Phi) is 8.56. The van der Waals surface area contributed by atoms with Crippen LogP contribution >= 0.6 is 44.0 Å². The fourth-order valence-corrected chi connectivity index (χ4v) is 6.45. The van der Waals surface area contributed by atoms with Crippen molar-refractivity contribution in [3.05, 3.63) is 59.8 Å². The number of rotatable bonds is 5. The Balaban J connectivity index is 0.00000156. The summed E-state index contributed by atoms with van der Waals surface area (Å²) in [4.78, 5) is 22.1.